The Morgan fingerprint density at radius 3 is 2.68 bits per heavy atom. The molecular weight excluding hydrogens is 356 g/mol. The minimum Gasteiger partial charge on any atom is -0.462 e. The number of hydrogen-bond acceptors (Lipinski definition) is 5. The normalized spacial score (nSPS) is 50.0. The molecule has 4 unspecified atom stereocenters. The van der Waals surface area contributed by atoms with Crippen molar-refractivity contribution in [3.63, 3.8) is 0 Å². The lowest BCUT2D eigenvalue weighted by molar-refractivity contribution is -0.238. The Morgan fingerprint density at radius 2 is 1.96 bits per heavy atom. The Hall–Kier alpha value is -1.20. The minimum atomic E-state index is -0.471. The van der Waals surface area contributed by atoms with Gasteiger partial charge in [-0.3, -0.25) is 9.59 Å². The third kappa shape index (κ3) is 2.38. The molecule has 28 heavy (non-hydrogen) atoms. The summed E-state index contributed by atoms with van der Waals surface area (Å²) >= 11 is 0. The van der Waals surface area contributed by atoms with Crippen molar-refractivity contribution in [2.75, 3.05) is 13.2 Å². The van der Waals surface area contributed by atoms with Crippen molar-refractivity contribution < 1.29 is 23.8 Å². The summed E-state index contributed by atoms with van der Waals surface area (Å²) in [6.07, 6.45) is 8.50. The number of ether oxygens (including phenoxy) is 3. The average molecular weight is 389 g/mol. The van der Waals surface area contributed by atoms with E-state index >= 15 is 0 Å². The topological polar surface area (TPSA) is 61.8 Å². The number of hydrogen-bond donors (Lipinski definition) is 0. The van der Waals surface area contributed by atoms with Crippen molar-refractivity contribution in [3.8, 4) is 0 Å². The third-order valence-electron chi connectivity index (χ3n) is 8.97. The van der Waals surface area contributed by atoms with E-state index in [0.29, 0.717) is 18.9 Å². The smallest absolute Gasteiger partial charge is 0.302 e. The monoisotopic (exact) mass is 388 g/mol. The maximum absolute atomic E-state index is 13.4. The molecule has 154 valence electrons. The molecule has 2 saturated carbocycles. The van der Waals surface area contributed by atoms with Crippen LogP contribution in [0.1, 0.15) is 65.7 Å². The maximum Gasteiger partial charge on any atom is 0.302 e. The van der Waals surface area contributed by atoms with E-state index in [2.05, 4.69) is 13.8 Å². The Labute approximate surface area is 167 Å². The van der Waals surface area contributed by atoms with E-state index in [9.17, 15) is 9.59 Å². The average Bonchev–Trinajstić information content (AvgIpc) is 3.23. The second-order valence-corrected chi connectivity index (χ2v) is 10.2. The highest BCUT2D eigenvalue weighted by Gasteiger charge is 2.68. The molecule has 0 radical (unpaired) electrons. The third-order valence-corrected chi connectivity index (χ3v) is 8.97. The van der Waals surface area contributed by atoms with Crippen LogP contribution in [0.4, 0.5) is 0 Å². The lowest BCUT2D eigenvalue weighted by atomic mass is 9.46. The number of carbonyl (C=O) groups excluding carboxylic acids is 2. The van der Waals surface area contributed by atoms with E-state index in [-0.39, 0.29) is 40.5 Å². The number of ketones is 1. The summed E-state index contributed by atoms with van der Waals surface area (Å²) in [5.41, 5.74) is 1.16. The number of carbonyl (C=O) groups is 2. The highest BCUT2D eigenvalue weighted by Crippen LogP contribution is 2.66. The van der Waals surface area contributed by atoms with Gasteiger partial charge in [-0.1, -0.05) is 19.4 Å². The molecule has 0 N–H and O–H groups in total. The van der Waals surface area contributed by atoms with Crippen molar-refractivity contribution in [2.24, 2.45) is 28.6 Å². The van der Waals surface area contributed by atoms with Gasteiger partial charge >= 0.3 is 5.97 Å². The number of rotatable bonds is 1. The lowest BCUT2D eigenvalue weighted by Gasteiger charge is -2.57. The maximum atomic E-state index is 13.4. The molecule has 3 aliphatic carbocycles. The molecule has 0 amide bonds. The molecule has 5 aliphatic rings. The highest BCUT2D eigenvalue weighted by molar-refractivity contribution is 5.94. The van der Waals surface area contributed by atoms with Gasteiger partial charge in [0.2, 0.25) is 0 Å². The molecule has 2 saturated heterocycles. The lowest BCUT2D eigenvalue weighted by Crippen LogP contribution is -2.57. The first-order valence-electron chi connectivity index (χ1n) is 11.0. The molecular formula is C23H32O5. The van der Waals surface area contributed by atoms with E-state index < -0.39 is 5.79 Å². The summed E-state index contributed by atoms with van der Waals surface area (Å²) < 4.78 is 18.0. The fraction of sp³-hybridized carbons (Fsp3) is 0.826. The summed E-state index contributed by atoms with van der Waals surface area (Å²) in [7, 11) is 0. The van der Waals surface area contributed by atoms with Crippen LogP contribution in [-0.4, -0.2) is 36.9 Å². The molecule has 5 heteroatoms. The Bertz CT molecular complexity index is 735. The zero-order chi connectivity index (χ0) is 19.7. The quantitative estimate of drug-likeness (QED) is 0.640. The molecule has 5 rings (SSSR count). The van der Waals surface area contributed by atoms with Crippen molar-refractivity contribution in [2.45, 2.75) is 77.6 Å². The largest absolute Gasteiger partial charge is 0.462 e. The molecule has 5 nitrogen and oxygen atoms in total. The molecule has 4 fully saturated rings. The van der Waals surface area contributed by atoms with Gasteiger partial charge in [-0.05, 0) is 49.5 Å². The molecule has 0 aromatic carbocycles. The van der Waals surface area contributed by atoms with Crippen LogP contribution in [0, 0.1) is 28.6 Å². The summed E-state index contributed by atoms with van der Waals surface area (Å²) in [4.78, 5) is 24.8. The van der Waals surface area contributed by atoms with E-state index in [1.165, 1.54) is 12.5 Å². The van der Waals surface area contributed by atoms with Gasteiger partial charge in [0, 0.05) is 37.0 Å². The van der Waals surface area contributed by atoms with Gasteiger partial charge in [0.05, 0.1) is 13.2 Å². The van der Waals surface area contributed by atoms with Crippen LogP contribution >= 0.6 is 0 Å². The predicted molar refractivity (Wildman–Crippen MR) is 102 cm³/mol. The van der Waals surface area contributed by atoms with Gasteiger partial charge in [-0.2, -0.15) is 0 Å². The van der Waals surface area contributed by atoms with Crippen molar-refractivity contribution in [3.05, 3.63) is 11.6 Å². The molecule has 1 spiro atoms. The van der Waals surface area contributed by atoms with E-state index in [1.54, 1.807) is 0 Å². The van der Waals surface area contributed by atoms with Crippen molar-refractivity contribution in [1.29, 1.82) is 0 Å². The SMILES string of the molecule is CC(=O)O[C@H]1CC[C@@]2(C)C(=CC(=O)C3C2CC[C@@]2(C)C3COC23CCCO3)C1. The summed E-state index contributed by atoms with van der Waals surface area (Å²) in [5, 5.41) is 0. The first kappa shape index (κ1) is 18.8. The van der Waals surface area contributed by atoms with Gasteiger partial charge in [0.15, 0.2) is 11.6 Å². The van der Waals surface area contributed by atoms with Gasteiger partial charge in [-0.25, -0.2) is 0 Å². The molecule has 2 heterocycles. The van der Waals surface area contributed by atoms with Gasteiger partial charge < -0.3 is 14.2 Å². The van der Waals surface area contributed by atoms with Crippen LogP contribution in [0.3, 0.4) is 0 Å². The second-order valence-electron chi connectivity index (χ2n) is 10.2. The number of esters is 1. The van der Waals surface area contributed by atoms with Crippen LogP contribution in [0.2, 0.25) is 0 Å². The summed E-state index contributed by atoms with van der Waals surface area (Å²) in [6, 6.07) is 0. The first-order valence-corrected chi connectivity index (χ1v) is 11.0. The Kier molecular flexibility index (Phi) is 4.13. The number of fused-ring (bicyclic) bond motifs is 6. The molecule has 0 aromatic rings. The van der Waals surface area contributed by atoms with Crippen molar-refractivity contribution >= 4 is 11.8 Å². The predicted octanol–water partition coefficient (Wildman–Crippen LogP) is 3.80. The zero-order valence-electron chi connectivity index (χ0n) is 17.3. The van der Waals surface area contributed by atoms with Crippen LogP contribution < -0.4 is 0 Å². The molecule has 0 bridgehead atoms. The van der Waals surface area contributed by atoms with Gasteiger partial charge in [0.1, 0.15) is 6.10 Å². The van der Waals surface area contributed by atoms with E-state index in [0.717, 1.165) is 45.1 Å². The minimum absolute atomic E-state index is 0.0290. The second kappa shape index (κ2) is 6.15. The van der Waals surface area contributed by atoms with Crippen LogP contribution in [0.15, 0.2) is 11.6 Å². The van der Waals surface area contributed by atoms with Crippen molar-refractivity contribution in [1.82, 2.24) is 0 Å². The zero-order valence-corrected chi connectivity index (χ0v) is 17.3. The Balaban J connectivity index is 1.47. The van der Waals surface area contributed by atoms with Crippen LogP contribution in [-0.2, 0) is 23.8 Å². The molecule has 7 atom stereocenters. The van der Waals surface area contributed by atoms with Crippen LogP contribution in [0.5, 0.6) is 0 Å². The number of allylic oxidation sites excluding steroid dienone is 1. The van der Waals surface area contributed by atoms with Crippen LogP contribution in [0.25, 0.3) is 0 Å². The summed E-state index contributed by atoms with van der Waals surface area (Å²) in [6.45, 7) is 7.52. The summed E-state index contributed by atoms with van der Waals surface area (Å²) in [5.74, 6) is 0.180. The fourth-order valence-electron chi connectivity index (χ4n) is 7.39. The molecule has 2 aliphatic heterocycles. The van der Waals surface area contributed by atoms with Gasteiger partial charge in [-0.15, -0.1) is 0 Å². The van der Waals surface area contributed by atoms with Gasteiger partial charge in [0.25, 0.3) is 0 Å². The van der Waals surface area contributed by atoms with E-state index in [4.69, 9.17) is 14.2 Å². The highest BCUT2D eigenvalue weighted by atomic mass is 16.7. The Morgan fingerprint density at radius 1 is 1.14 bits per heavy atom. The first-order chi connectivity index (χ1) is 13.3. The molecule has 0 aromatic heterocycles. The van der Waals surface area contributed by atoms with E-state index in [1.807, 2.05) is 6.08 Å². The fourth-order valence-corrected chi connectivity index (χ4v) is 7.39. The standard InChI is InChI=1S/C23H32O5/c1-14(24)28-16-5-8-21(2)15(11-16)12-19(25)20-17(21)6-9-22(3)18(20)13-27-23(22)7-4-10-26-23/h12,16-18,20H,4-11,13H2,1-3H3/t16-,17?,18?,20?,21-,22-,23?/m0/s1.